The number of hydrogen-bond donors (Lipinski definition) is 0. The summed E-state index contributed by atoms with van der Waals surface area (Å²) in [6.45, 7) is 0. The molecule has 11 heavy (non-hydrogen) atoms. The van der Waals surface area contributed by atoms with E-state index in [9.17, 15) is 4.91 Å². The van der Waals surface area contributed by atoms with E-state index in [1.54, 1.807) is 6.07 Å². The molecule has 6 heteroatoms. The summed E-state index contributed by atoms with van der Waals surface area (Å²) in [6, 6.07) is 1.64. The highest BCUT2D eigenvalue weighted by Crippen LogP contribution is 2.13. The summed E-state index contributed by atoms with van der Waals surface area (Å²) in [4.78, 5) is 16.9. The summed E-state index contributed by atoms with van der Waals surface area (Å²) >= 11 is 5.38. The third kappa shape index (κ3) is 1.48. The summed E-state index contributed by atoms with van der Waals surface area (Å²) in [5.41, 5.74) is -0.160. The second kappa shape index (κ2) is 3.03. The van der Waals surface area contributed by atoms with Crippen LogP contribution in [0, 0.1) is 16.2 Å². The fraction of sp³-hybridized carbons (Fsp3) is 0. The van der Waals surface area contributed by atoms with E-state index < -0.39 is 0 Å². The van der Waals surface area contributed by atoms with Crippen molar-refractivity contribution in [2.45, 2.75) is 0 Å². The van der Waals surface area contributed by atoms with Gasteiger partial charge in [0.05, 0.1) is 6.20 Å². The van der Waals surface area contributed by atoms with Crippen LogP contribution >= 0.6 is 11.6 Å². The number of aromatic nitrogens is 2. The van der Waals surface area contributed by atoms with Crippen molar-refractivity contribution in [1.29, 1.82) is 5.26 Å². The summed E-state index contributed by atoms with van der Waals surface area (Å²) in [5.74, 6) is -0.239. The molecular weight excluding hydrogens is 168 g/mol. The van der Waals surface area contributed by atoms with Gasteiger partial charge in [0, 0.05) is 0 Å². The van der Waals surface area contributed by atoms with E-state index >= 15 is 0 Å². The third-order valence-corrected chi connectivity index (χ3v) is 1.10. The molecule has 0 aliphatic rings. The van der Waals surface area contributed by atoms with Crippen molar-refractivity contribution in [3.05, 3.63) is 22.0 Å². The average molecular weight is 169 g/mol. The predicted octanol–water partition coefficient (Wildman–Crippen LogP) is 1.40. The molecule has 54 valence electrons. The predicted molar refractivity (Wildman–Crippen MR) is 37.2 cm³/mol. The molecule has 1 rings (SSSR count). The third-order valence-electron chi connectivity index (χ3n) is 0.916. The van der Waals surface area contributed by atoms with Gasteiger partial charge in [-0.05, 0) is 5.18 Å². The number of nitrogens with zero attached hydrogens (tertiary/aromatic N) is 4. The molecule has 0 fully saturated rings. The first kappa shape index (κ1) is 7.57. The first-order valence-electron chi connectivity index (χ1n) is 2.54. The van der Waals surface area contributed by atoms with E-state index in [2.05, 4.69) is 15.1 Å². The Morgan fingerprint density at radius 3 is 3.00 bits per heavy atom. The lowest BCUT2D eigenvalue weighted by atomic mass is 10.4. The van der Waals surface area contributed by atoms with E-state index in [1.165, 1.54) is 0 Å². The van der Waals surface area contributed by atoms with Crippen LogP contribution in [0.25, 0.3) is 0 Å². The Balaban J connectivity index is 3.30. The Labute approximate surface area is 66.6 Å². The molecule has 0 spiro atoms. The second-order valence-electron chi connectivity index (χ2n) is 1.57. The van der Waals surface area contributed by atoms with Crippen LogP contribution in [0.3, 0.4) is 0 Å². The molecular formula is C5HClN4O. The van der Waals surface area contributed by atoms with Crippen molar-refractivity contribution in [2.24, 2.45) is 5.18 Å². The zero-order valence-electron chi connectivity index (χ0n) is 5.15. The van der Waals surface area contributed by atoms with Crippen molar-refractivity contribution in [3.8, 4) is 6.07 Å². The van der Waals surface area contributed by atoms with Gasteiger partial charge in [-0.15, -0.1) is 4.91 Å². The minimum Gasteiger partial charge on any atom is -0.228 e. The van der Waals surface area contributed by atoms with E-state index in [0.29, 0.717) is 0 Å². The maximum atomic E-state index is 9.95. The van der Waals surface area contributed by atoms with Gasteiger partial charge in [0.1, 0.15) is 11.2 Å². The van der Waals surface area contributed by atoms with Crippen LogP contribution in [0.2, 0.25) is 5.15 Å². The summed E-state index contributed by atoms with van der Waals surface area (Å²) < 4.78 is 0. The molecule has 0 amide bonds. The van der Waals surface area contributed by atoms with Crippen LogP contribution in [0.5, 0.6) is 0 Å². The molecule has 0 aromatic carbocycles. The summed E-state index contributed by atoms with van der Waals surface area (Å²) in [6.07, 6.45) is 1.15. The molecule has 0 aliphatic heterocycles. The molecule has 0 aliphatic carbocycles. The highest BCUT2D eigenvalue weighted by Gasteiger charge is 2.04. The zero-order valence-corrected chi connectivity index (χ0v) is 5.91. The largest absolute Gasteiger partial charge is 0.233 e. The van der Waals surface area contributed by atoms with Crippen LogP contribution in [0.15, 0.2) is 11.4 Å². The van der Waals surface area contributed by atoms with Crippen molar-refractivity contribution in [2.75, 3.05) is 0 Å². The van der Waals surface area contributed by atoms with E-state index in [-0.39, 0.29) is 16.7 Å². The number of rotatable bonds is 1. The zero-order chi connectivity index (χ0) is 8.27. The molecule has 0 bridgehead atoms. The van der Waals surface area contributed by atoms with Gasteiger partial charge in [-0.25, -0.2) is 9.97 Å². The Hall–Kier alpha value is -1.54. The van der Waals surface area contributed by atoms with E-state index in [1.807, 2.05) is 0 Å². The molecule has 0 saturated heterocycles. The smallest absolute Gasteiger partial charge is 0.228 e. The molecule has 1 aromatic heterocycles. The van der Waals surface area contributed by atoms with Gasteiger partial charge in [-0.1, -0.05) is 11.6 Å². The molecule has 0 atom stereocenters. The molecule has 1 heterocycles. The van der Waals surface area contributed by atoms with Crippen LogP contribution < -0.4 is 0 Å². The first-order valence-corrected chi connectivity index (χ1v) is 2.91. The number of nitroso groups, excluding NO2 is 1. The number of hydrogen-bond acceptors (Lipinski definition) is 5. The van der Waals surface area contributed by atoms with Gasteiger partial charge in [-0.2, -0.15) is 5.26 Å². The normalized spacial score (nSPS) is 8.73. The second-order valence-corrected chi connectivity index (χ2v) is 1.96. The standard InChI is InChI=1S/C5HClN4O/c6-4-2-8-5(10-11)3(1-7)9-4/h2H. The average Bonchev–Trinajstić information content (AvgIpc) is 2.04. The molecule has 1 aromatic rings. The van der Waals surface area contributed by atoms with Crippen LogP contribution in [-0.2, 0) is 0 Å². The Morgan fingerprint density at radius 2 is 2.45 bits per heavy atom. The van der Waals surface area contributed by atoms with Gasteiger partial charge in [0.15, 0.2) is 5.69 Å². The highest BCUT2D eigenvalue weighted by molar-refractivity contribution is 6.29. The summed E-state index contributed by atoms with van der Waals surface area (Å²) in [7, 11) is 0. The van der Waals surface area contributed by atoms with E-state index in [0.717, 1.165) is 6.20 Å². The highest BCUT2D eigenvalue weighted by atomic mass is 35.5. The Bertz CT molecular complexity index is 332. The lowest BCUT2D eigenvalue weighted by Crippen LogP contribution is -1.86. The maximum absolute atomic E-state index is 9.95. The lowest BCUT2D eigenvalue weighted by molar-refractivity contribution is 1.14. The van der Waals surface area contributed by atoms with Crippen LogP contribution in [-0.4, -0.2) is 9.97 Å². The summed E-state index contributed by atoms with van der Waals surface area (Å²) in [5, 5.41) is 10.9. The van der Waals surface area contributed by atoms with Crippen molar-refractivity contribution in [3.63, 3.8) is 0 Å². The van der Waals surface area contributed by atoms with E-state index in [4.69, 9.17) is 16.9 Å². The fourth-order valence-electron chi connectivity index (χ4n) is 0.503. The van der Waals surface area contributed by atoms with Crippen molar-refractivity contribution >= 4 is 17.4 Å². The quantitative estimate of drug-likeness (QED) is 0.594. The fourth-order valence-corrected chi connectivity index (χ4v) is 0.636. The molecule has 0 N–H and O–H groups in total. The number of nitriles is 1. The van der Waals surface area contributed by atoms with Crippen LogP contribution in [0.4, 0.5) is 5.82 Å². The SMILES string of the molecule is N#Cc1nc(Cl)cnc1N=O. The van der Waals surface area contributed by atoms with Gasteiger partial charge in [-0.3, -0.25) is 0 Å². The first-order chi connectivity index (χ1) is 5.27. The van der Waals surface area contributed by atoms with Gasteiger partial charge < -0.3 is 0 Å². The lowest BCUT2D eigenvalue weighted by Gasteiger charge is -1.90. The number of halogens is 1. The van der Waals surface area contributed by atoms with Crippen LogP contribution in [0.1, 0.15) is 5.69 Å². The maximum Gasteiger partial charge on any atom is 0.233 e. The Morgan fingerprint density at radius 1 is 1.73 bits per heavy atom. The van der Waals surface area contributed by atoms with Crippen molar-refractivity contribution in [1.82, 2.24) is 9.97 Å². The molecule has 0 radical (unpaired) electrons. The van der Waals surface area contributed by atoms with Gasteiger partial charge in [0.2, 0.25) is 5.82 Å². The topological polar surface area (TPSA) is 79.0 Å². The monoisotopic (exact) mass is 168 g/mol. The minimum absolute atomic E-state index is 0.0638. The minimum atomic E-state index is -0.239. The Kier molecular flexibility index (Phi) is 2.09. The molecule has 5 nitrogen and oxygen atoms in total. The van der Waals surface area contributed by atoms with Gasteiger partial charge >= 0.3 is 0 Å². The molecule has 0 unspecified atom stereocenters. The molecule has 0 saturated carbocycles. The van der Waals surface area contributed by atoms with Gasteiger partial charge in [0.25, 0.3) is 0 Å². The van der Waals surface area contributed by atoms with Crippen molar-refractivity contribution < 1.29 is 0 Å².